The first-order valence-electron chi connectivity index (χ1n) is 4.65. The number of benzene rings is 1. The molecule has 84 valence electrons. The molecule has 1 amide bonds. The maximum absolute atomic E-state index is 10.6. The molecule has 0 bridgehead atoms. The van der Waals surface area contributed by atoms with E-state index in [0.717, 1.165) is 5.56 Å². The molecule has 0 aliphatic heterocycles. The van der Waals surface area contributed by atoms with E-state index in [0.29, 0.717) is 5.56 Å². The van der Waals surface area contributed by atoms with Gasteiger partial charge in [-0.05, 0) is 12.0 Å². The zero-order valence-corrected chi connectivity index (χ0v) is 9.19. The molecule has 2 N–H and O–H groups in total. The van der Waals surface area contributed by atoms with E-state index in [2.05, 4.69) is 11.8 Å². The highest BCUT2D eigenvalue weighted by Crippen LogP contribution is 2.20. The van der Waals surface area contributed by atoms with Crippen molar-refractivity contribution < 1.29 is 14.3 Å². The van der Waals surface area contributed by atoms with E-state index < -0.39 is 12.2 Å². The number of hydrogen-bond acceptors (Lipinski definition) is 3. The van der Waals surface area contributed by atoms with E-state index in [1.807, 2.05) is 18.2 Å². The molecule has 1 rings (SSSR count). The summed E-state index contributed by atoms with van der Waals surface area (Å²) in [5, 5.41) is 0. The summed E-state index contributed by atoms with van der Waals surface area (Å²) >= 11 is 0. The van der Waals surface area contributed by atoms with E-state index >= 15 is 0 Å². The topological polar surface area (TPSA) is 61.6 Å². The monoisotopic (exact) mass is 219 g/mol. The van der Waals surface area contributed by atoms with Crippen LogP contribution in [0.25, 0.3) is 0 Å². The smallest absolute Gasteiger partial charge is 0.293 e. The molecule has 1 aromatic carbocycles. The largest absolute Gasteiger partial charge is 0.359 e. The predicted octanol–water partition coefficient (Wildman–Crippen LogP) is 0.815. The van der Waals surface area contributed by atoms with Gasteiger partial charge < -0.3 is 15.2 Å². The van der Waals surface area contributed by atoms with Gasteiger partial charge >= 0.3 is 0 Å². The van der Waals surface area contributed by atoms with E-state index in [1.54, 1.807) is 6.07 Å². The van der Waals surface area contributed by atoms with Crippen LogP contribution < -0.4 is 5.73 Å². The van der Waals surface area contributed by atoms with Crippen molar-refractivity contribution in [2.75, 3.05) is 14.2 Å². The maximum atomic E-state index is 10.6. The zero-order valence-electron chi connectivity index (χ0n) is 9.19. The van der Waals surface area contributed by atoms with Gasteiger partial charge in [-0.2, -0.15) is 0 Å². The van der Waals surface area contributed by atoms with Gasteiger partial charge in [-0.3, -0.25) is 4.79 Å². The van der Waals surface area contributed by atoms with Crippen LogP contribution in [-0.2, 0) is 14.3 Å². The number of amides is 1. The van der Waals surface area contributed by atoms with Crippen LogP contribution in [0.5, 0.6) is 0 Å². The number of hydrogen-bond donors (Lipinski definition) is 1. The van der Waals surface area contributed by atoms with E-state index in [-0.39, 0.29) is 0 Å². The van der Waals surface area contributed by atoms with Crippen LogP contribution in [0.4, 0.5) is 0 Å². The molecule has 4 nitrogen and oxygen atoms in total. The molecule has 0 radical (unpaired) electrons. The Kier molecular flexibility index (Phi) is 4.52. The summed E-state index contributed by atoms with van der Waals surface area (Å²) in [6.45, 7) is 0. The normalized spacial score (nSPS) is 9.69. The van der Waals surface area contributed by atoms with Crippen molar-refractivity contribution in [1.29, 1.82) is 0 Å². The van der Waals surface area contributed by atoms with Gasteiger partial charge in [0.05, 0.1) is 0 Å². The Morgan fingerprint density at radius 3 is 2.50 bits per heavy atom. The molecule has 0 fully saturated rings. The van der Waals surface area contributed by atoms with E-state index in [4.69, 9.17) is 15.2 Å². The Hall–Kier alpha value is -1.83. The number of carbonyl (C=O) groups excluding carboxylic acids is 1. The number of methoxy groups -OCH3 is 2. The third-order valence-corrected chi connectivity index (χ3v) is 1.96. The molecule has 0 aliphatic rings. The van der Waals surface area contributed by atoms with Crippen LogP contribution in [0.3, 0.4) is 0 Å². The van der Waals surface area contributed by atoms with Crippen molar-refractivity contribution in [3.8, 4) is 11.8 Å². The molecule has 0 aromatic heterocycles. The Bertz CT molecular complexity index is 427. The van der Waals surface area contributed by atoms with Crippen molar-refractivity contribution >= 4 is 5.91 Å². The van der Waals surface area contributed by atoms with Gasteiger partial charge in [0.1, 0.15) is 0 Å². The summed E-state index contributed by atoms with van der Waals surface area (Å²) in [7, 11) is 3.07. The zero-order chi connectivity index (χ0) is 12.0. The standard InChI is InChI=1S/C12H13NO3/c1-15-12(16-2)10-6-4-3-5-9(10)7-8-11(13)14/h3-6,12H,1-2H3,(H2,13,14). The molecule has 1 aromatic rings. The van der Waals surface area contributed by atoms with E-state index in [1.165, 1.54) is 14.2 Å². The fourth-order valence-electron chi connectivity index (χ4n) is 1.30. The molecule has 0 saturated heterocycles. The number of nitrogens with two attached hydrogens (primary N) is 1. The molecule has 0 spiro atoms. The molecule has 4 heteroatoms. The van der Waals surface area contributed by atoms with Crippen molar-refractivity contribution in [2.24, 2.45) is 5.73 Å². The first kappa shape index (κ1) is 12.2. The van der Waals surface area contributed by atoms with Gasteiger partial charge in [-0.1, -0.05) is 24.1 Å². The van der Waals surface area contributed by atoms with Crippen LogP contribution in [0.2, 0.25) is 0 Å². The summed E-state index contributed by atoms with van der Waals surface area (Å²) in [4.78, 5) is 10.6. The summed E-state index contributed by atoms with van der Waals surface area (Å²) < 4.78 is 10.3. The highest BCUT2D eigenvalue weighted by Gasteiger charge is 2.11. The number of carbonyl (C=O) groups is 1. The lowest BCUT2D eigenvalue weighted by Crippen LogP contribution is -2.08. The molecule has 0 aliphatic carbocycles. The lowest BCUT2D eigenvalue weighted by atomic mass is 10.1. The summed E-state index contributed by atoms with van der Waals surface area (Å²) in [5.41, 5.74) is 6.38. The maximum Gasteiger partial charge on any atom is 0.293 e. The quantitative estimate of drug-likeness (QED) is 0.604. The van der Waals surface area contributed by atoms with Crippen molar-refractivity contribution in [1.82, 2.24) is 0 Å². The highest BCUT2D eigenvalue weighted by atomic mass is 16.7. The summed E-state index contributed by atoms with van der Waals surface area (Å²) in [6, 6.07) is 7.26. The van der Waals surface area contributed by atoms with Gasteiger partial charge in [-0.25, -0.2) is 0 Å². The highest BCUT2D eigenvalue weighted by molar-refractivity contribution is 5.92. The number of primary amides is 1. The second-order valence-electron chi connectivity index (χ2n) is 3.00. The fraction of sp³-hybridized carbons (Fsp3) is 0.250. The molecular formula is C12H13NO3. The van der Waals surface area contributed by atoms with Crippen molar-refractivity contribution in [3.63, 3.8) is 0 Å². The van der Waals surface area contributed by atoms with Gasteiger partial charge in [0, 0.05) is 25.3 Å². The van der Waals surface area contributed by atoms with Crippen molar-refractivity contribution in [2.45, 2.75) is 6.29 Å². The van der Waals surface area contributed by atoms with Gasteiger partial charge in [0.2, 0.25) is 0 Å². The van der Waals surface area contributed by atoms with Gasteiger partial charge in [-0.15, -0.1) is 0 Å². The fourth-order valence-corrected chi connectivity index (χ4v) is 1.30. The van der Waals surface area contributed by atoms with E-state index in [9.17, 15) is 4.79 Å². The molecule has 0 atom stereocenters. The average molecular weight is 219 g/mol. The molecule has 16 heavy (non-hydrogen) atoms. The average Bonchev–Trinajstić information content (AvgIpc) is 2.29. The summed E-state index contributed by atoms with van der Waals surface area (Å²) in [6.07, 6.45) is -0.502. The Balaban J connectivity index is 3.10. The lowest BCUT2D eigenvalue weighted by Gasteiger charge is -2.14. The Morgan fingerprint density at radius 2 is 1.94 bits per heavy atom. The first-order valence-corrected chi connectivity index (χ1v) is 4.65. The SMILES string of the molecule is COC(OC)c1ccccc1C#CC(N)=O. The van der Waals surface area contributed by atoms with Crippen LogP contribution in [0, 0.1) is 11.8 Å². The number of ether oxygens (including phenoxy) is 2. The molecule has 0 heterocycles. The second-order valence-corrected chi connectivity index (χ2v) is 3.00. The van der Waals surface area contributed by atoms with Crippen molar-refractivity contribution in [3.05, 3.63) is 35.4 Å². The van der Waals surface area contributed by atoms with Crippen LogP contribution in [0.1, 0.15) is 17.4 Å². The van der Waals surface area contributed by atoms with Crippen LogP contribution in [0.15, 0.2) is 24.3 Å². The molecular weight excluding hydrogens is 206 g/mol. The predicted molar refractivity (Wildman–Crippen MR) is 59.3 cm³/mol. The minimum Gasteiger partial charge on any atom is -0.359 e. The second kappa shape index (κ2) is 5.91. The number of rotatable bonds is 3. The molecule has 0 unspecified atom stereocenters. The summed E-state index contributed by atoms with van der Waals surface area (Å²) in [5.74, 6) is 4.29. The third kappa shape index (κ3) is 3.09. The molecule has 0 saturated carbocycles. The minimum atomic E-state index is -0.666. The van der Waals surface area contributed by atoms with Crippen LogP contribution in [-0.4, -0.2) is 20.1 Å². The lowest BCUT2D eigenvalue weighted by molar-refractivity contribution is -0.112. The first-order chi connectivity index (χ1) is 7.69. The van der Waals surface area contributed by atoms with Gasteiger partial charge in [0.15, 0.2) is 6.29 Å². The van der Waals surface area contributed by atoms with Gasteiger partial charge in [0.25, 0.3) is 5.91 Å². The third-order valence-electron chi connectivity index (χ3n) is 1.96. The minimum absolute atomic E-state index is 0.502. The Morgan fingerprint density at radius 1 is 1.31 bits per heavy atom. The Labute approximate surface area is 94.3 Å². The van der Waals surface area contributed by atoms with Crippen LogP contribution >= 0.6 is 0 Å².